The van der Waals surface area contributed by atoms with E-state index < -0.39 is 24.3 Å². The lowest BCUT2D eigenvalue weighted by atomic mass is 10.1. The summed E-state index contributed by atoms with van der Waals surface area (Å²) < 4.78 is 34.5. The fourth-order valence-electron chi connectivity index (χ4n) is 3.68. The summed E-state index contributed by atoms with van der Waals surface area (Å²) in [4.78, 5) is 31.5. The Kier molecular flexibility index (Phi) is 7.14. The van der Waals surface area contributed by atoms with Gasteiger partial charge in [0.2, 0.25) is 0 Å². The van der Waals surface area contributed by atoms with Crippen molar-refractivity contribution in [2.75, 3.05) is 27.9 Å². The van der Waals surface area contributed by atoms with Gasteiger partial charge in [0.15, 0.2) is 18.1 Å². The number of ether oxygens (including phenoxy) is 3. The van der Waals surface area contributed by atoms with Crippen LogP contribution in [0.5, 0.6) is 11.5 Å². The Morgan fingerprint density at radius 2 is 1.75 bits per heavy atom. The quantitative estimate of drug-likeness (QED) is 0.337. The first-order chi connectivity index (χ1) is 17.3. The lowest BCUT2D eigenvalue weighted by Crippen LogP contribution is -2.30. The van der Waals surface area contributed by atoms with Gasteiger partial charge in [-0.2, -0.15) is 0 Å². The summed E-state index contributed by atoms with van der Waals surface area (Å²) in [6.07, 6.45) is 0. The molecule has 1 amide bonds. The lowest BCUT2D eigenvalue weighted by Gasteiger charge is -2.18. The van der Waals surface area contributed by atoms with Crippen molar-refractivity contribution in [1.82, 2.24) is 15.0 Å². The number of aryl methyl sites for hydroxylation is 1. The van der Waals surface area contributed by atoms with Crippen molar-refractivity contribution in [3.63, 3.8) is 0 Å². The molecule has 0 aliphatic carbocycles. The van der Waals surface area contributed by atoms with Crippen LogP contribution >= 0.6 is 0 Å². The number of likely N-dealkylation sites (N-methyl/N-ethyl adjacent to an activating group) is 1. The summed E-state index contributed by atoms with van der Waals surface area (Å²) in [5.41, 5.74) is 2.50. The van der Waals surface area contributed by atoms with E-state index in [1.807, 2.05) is 6.07 Å². The van der Waals surface area contributed by atoms with Crippen molar-refractivity contribution >= 4 is 23.0 Å². The number of fused-ring (bicyclic) bond motifs is 1. The fourth-order valence-corrected chi connectivity index (χ4v) is 3.68. The van der Waals surface area contributed by atoms with Crippen LogP contribution in [0.1, 0.15) is 21.6 Å². The molecule has 0 aliphatic rings. The van der Waals surface area contributed by atoms with E-state index in [-0.39, 0.29) is 17.8 Å². The summed E-state index contributed by atoms with van der Waals surface area (Å²) in [6, 6.07) is 12.5. The van der Waals surface area contributed by atoms with Crippen LogP contribution in [-0.2, 0) is 16.1 Å². The zero-order valence-electron chi connectivity index (χ0n) is 20.2. The highest BCUT2D eigenvalue weighted by molar-refractivity contribution is 6.04. The predicted molar refractivity (Wildman–Crippen MR) is 128 cm³/mol. The zero-order chi connectivity index (χ0) is 25.8. The molecule has 2 heterocycles. The van der Waals surface area contributed by atoms with Gasteiger partial charge >= 0.3 is 5.97 Å². The number of nitrogens with zero attached hydrogens (tertiary/aromatic N) is 3. The topological polar surface area (TPSA) is 104 Å². The molecule has 4 aromatic rings. The second-order valence-corrected chi connectivity index (χ2v) is 8.03. The first kappa shape index (κ1) is 24.6. The summed E-state index contributed by atoms with van der Waals surface area (Å²) >= 11 is 0. The zero-order valence-corrected chi connectivity index (χ0v) is 20.2. The molecule has 186 valence electrons. The summed E-state index contributed by atoms with van der Waals surface area (Å²) in [6.45, 7) is 1.47. The van der Waals surface area contributed by atoms with Crippen molar-refractivity contribution < 1.29 is 32.7 Å². The molecule has 0 unspecified atom stereocenters. The number of hydrogen-bond acceptors (Lipinski definition) is 8. The average Bonchev–Trinajstić information content (AvgIpc) is 3.27. The van der Waals surface area contributed by atoms with E-state index in [4.69, 9.17) is 18.7 Å². The highest BCUT2D eigenvalue weighted by Crippen LogP contribution is 2.29. The molecular formula is C26H24FN3O6. The summed E-state index contributed by atoms with van der Waals surface area (Å²) in [5, 5.41) is 4.27. The van der Waals surface area contributed by atoms with Crippen LogP contribution in [0.2, 0.25) is 0 Å². The smallest absolute Gasteiger partial charge is 0.339 e. The number of methoxy groups -OCH3 is 2. The van der Waals surface area contributed by atoms with E-state index in [2.05, 4.69) is 10.1 Å². The lowest BCUT2D eigenvalue weighted by molar-refractivity contribution is -0.133. The van der Waals surface area contributed by atoms with Gasteiger partial charge < -0.3 is 23.6 Å². The van der Waals surface area contributed by atoms with Gasteiger partial charge in [0.1, 0.15) is 5.82 Å². The molecule has 0 aliphatic heterocycles. The number of carbonyl (C=O) groups is 2. The molecule has 2 aromatic heterocycles. The molecule has 2 aromatic carbocycles. The molecule has 0 radical (unpaired) electrons. The first-order valence-corrected chi connectivity index (χ1v) is 11.0. The van der Waals surface area contributed by atoms with Gasteiger partial charge in [-0.1, -0.05) is 11.2 Å². The minimum absolute atomic E-state index is 0.137. The van der Waals surface area contributed by atoms with E-state index in [1.54, 1.807) is 33.2 Å². The van der Waals surface area contributed by atoms with Crippen LogP contribution in [-0.4, -0.2) is 54.8 Å². The van der Waals surface area contributed by atoms with Crippen molar-refractivity contribution in [3.8, 4) is 22.8 Å². The molecule has 0 bridgehead atoms. The van der Waals surface area contributed by atoms with E-state index in [0.717, 1.165) is 5.56 Å². The Morgan fingerprint density at radius 1 is 1.03 bits per heavy atom. The molecule has 0 fully saturated rings. The molecule has 0 spiro atoms. The minimum Gasteiger partial charge on any atom is -0.493 e. The van der Waals surface area contributed by atoms with E-state index >= 15 is 0 Å². The number of halogens is 1. The SMILES string of the molecule is COc1ccc(CN(C)C(=O)COC(=O)c2cc(-c3ccc(F)cc3)nc3onc(C)c23)cc1OC. The van der Waals surface area contributed by atoms with Crippen molar-refractivity contribution in [1.29, 1.82) is 0 Å². The van der Waals surface area contributed by atoms with Gasteiger partial charge in [0.25, 0.3) is 11.6 Å². The molecule has 0 saturated carbocycles. The van der Waals surface area contributed by atoms with Crippen LogP contribution in [0.3, 0.4) is 0 Å². The molecule has 0 saturated heterocycles. The Labute approximate surface area is 206 Å². The molecule has 4 rings (SSSR count). The van der Waals surface area contributed by atoms with E-state index in [9.17, 15) is 14.0 Å². The monoisotopic (exact) mass is 493 g/mol. The van der Waals surface area contributed by atoms with Crippen LogP contribution in [0.25, 0.3) is 22.4 Å². The predicted octanol–water partition coefficient (Wildman–Crippen LogP) is 4.17. The third kappa shape index (κ3) is 5.12. The number of amides is 1. The number of carbonyl (C=O) groups excluding carboxylic acids is 2. The minimum atomic E-state index is -0.732. The summed E-state index contributed by atoms with van der Waals surface area (Å²) in [5.74, 6) is -0.401. The normalized spacial score (nSPS) is 10.8. The maximum Gasteiger partial charge on any atom is 0.339 e. The third-order valence-corrected chi connectivity index (χ3v) is 5.60. The van der Waals surface area contributed by atoms with Crippen LogP contribution in [0.15, 0.2) is 53.1 Å². The Bertz CT molecular complexity index is 1420. The van der Waals surface area contributed by atoms with Gasteiger partial charge in [0.05, 0.1) is 36.6 Å². The fraction of sp³-hybridized carbons (Fsp3) is 0.231. The first-order valence-electron chi connectivity index (χ1n) is 11.0. The second-order valence-electron chi connectivity index (χ2n) is 8.03. The number of esters is 1. The number of benzene rings is 2. The number of rotatable bonds is 8. The largest absolute Gasteiger partial charge is 0.493 e. The third-order valence-electron chi connectivity index (χ3n) is 5.60. The van der Waals surface area contributed by atoms with Crippen molar-refractivity contribution in [3.05, 3.63) is 71.2 Å². The van der Waals surface area contributed by atoms with E-state index in [0.29, 0.717) is 33.8 Å². The molecule has 9 nitrogen and oxygen atoms in total. The highest BCUT2D eigenvalue weighted by Gasteiger charge is 2.22. The Balaban J connectivity index is 1.49. The van der Waals surface area contributed by atoms with Crippen LogP contribution in [0, 0.1) is 12.7 Å². The molecular weight excluding hydrogens is 469 g/mol. The van der Waals surface area contributed by atoms with E-state index in [1.165, 1.54) is 42.3 Å². The number of hydrogen-bond donors (Lipinski definition) is 0. The Hall–Kier alpha value is -4.47. The highest BCUT2D eigenvalue weighted by atomic mass is 19.1. The second kappa shape index (κ2) is 10.4. The molecule has 10 heteroatoms. The van der Waals surface area contributed by atoms with Crippen molar-refractivity contribution in [2.45, 2.75) is 13.5 Å². The maximum atomic E-state index is 13.3. The van der Waals surface area contributed by atoms with Crippen molar-refractivity contribution in [2.24, 2.45) is 0 Å². The van der Waals surface area contributed by atoms with Gasteiger partial charge in [-0.3, -0.25) is 4.79 Å². The van der Waals surface area contributed by atoms with Crippen LogP contribution in [0.4, 0.5) is 4.39 Å². The van der Waals surface area contributed by atoms with Gasteiger partial charge in [-0.25, -0.2) is 14.2 Å². The van der Waals surface area contributed by atoms with Crippen LogP contribution < -0.4 is 9.47 Å². The molecule has 0 N–H and O–H groups in total. The molecule has 0 atom stereocenters. The van der Waals surface area contributed by atoms with Gasteiger partial charge in [-0.15, -0.1) is 0 Å². The Morgan fingerprint density at radius 3 is 2.44 bits per heavy atom. The van der Waals surface area contributed by atoms with Gasteiger partial charge in [-0.05, 0) is 55.0 Å². The average molecular weight is 493 g/mol. The summed E-state index contributed by atoms with van der Waals surface area (Å²) in [7, 11) is 4.68. The number of aromatic nitrogens is 2. The molecule has 36 heavy (non-hydrogen) atoms. The standard InChI is InChI=1S/C26H24FN3O6/c1-15-24-19(12-20(28-25(24)36-29-15)17-6-8-18(27)9-7-17)26(32)35-14-23(31)30(2)13-16-5-10-21(33-3)22(11-16)34-4/h5-12H,13-14H2,1-4H3. The number of pyridine rings is 1. The maximum absolute atomic E-state index is 13.3. The van der Waals surface area contributed by atoms with Gasteiger partial charge in [0, 0.05) is 19.2 Å².